The molecule has 0 spiro atoms. The minimum Gasteiger partial charge on any atom is -0.450 e. The van der Waals surface area contributed by atoms with E-state index in [4.69, 9.17) is 4.74 Å². The summed E-state index contributed by atoms with van der Waals surface area (Å²) in [5, 5.41) is 4.28. The molecule has 0 aliphatic carbocycles. The van der Waals surface area contributed by atoms with E-state index in [1.165, 1.54) is 4.68 Å². The lowest BCUT2D eigenvalue weighted by atomic mass is 10.2. The zero-order valence-electron chi connectivity index (χ0n) is 17.3. The molecule has 0 aliphatic heterocycles. The highest BCUT2D eigenvalue weighted by Crippen LogP contribution is 2.21. The Kier molecular flexibility index (Phi) is 6.51. The van der Waals surface area contributed by atoms with Crippen molar-refractivity contribution in [2.45, 2.75) is 0 Å². The van der Waals surface area contributed by atoms with Gasteiger partial charge in [0, 0.05) is 11.1 Å². The first-order chi connectivity index (χ1) is 16.1. The molecule has 0 fully saturated rings. The highest BCUT2D eigenvalue weighted by atomic mass is 16.5. The first-order valence-electron chi connectivity index (χ1n) is 10.0. The molecule has 1 aromatic heterocycles. The highest BCUT2D eigenvalue weighted by molar-refractivity contribution is 5.95. The summed E-state index contributed by atoms with van der Waals surface area (Å²) >= 11 is 0. The molecule has 164 valence electrons. The number of amides is 2. The summed E-state index contributed by atoms with van der Waals surface area (Å²) in [6, 6.07) is 26.9. The van der Waals surface area contributed by atoms with Gasteiger partial charge in [-0.15, -0.1) is 5.10 Å². The van der Waals surface area contributed by atoms with Crippen LogP contribution in [0.4, 0.5) is 0 Å². The Balaban J connectivity index is 1.42. The third-order valence-corrected chi connectivity index (χ3v) is 4.51. The van der Waals surface area contributed by atoms with E-state index in [9.17, 15) is 14.4 Å². The fourth-order valence-corrected chi connectivity index (χ4v) is 2.94. The topological polar surface area (TPSA) is 115 Å². The molecule has 2 N–H and O–H groups in total. The number of hydrogen-bond donors (Lipinski definition) is 2. The molecule has 0 bridgehead atoms. The van der Waals surface area contributed by atoms with Gasteiger partial charge in [-0.25, -0.2) is 14.5 Å². The smallest absolute Gasteiger partial charge is 0.378 e. The van der Waals surface area contributed by atoms with Crippen molar-refractivity contribution in [3.05, 3.63) is 102 Å². The number of benzene rings is 3. The Hall–Kier alpha value is -4.79. The molecule has 9 heteroatoms. The molecule has 3 aromatic carbocycles. The first-order valence-corrected chi connectivity index (χ1v) is 10.0. The lowest BCUT2D eigenvalue weighted by molar-refractivity contribution is -0.125. The van der Waals surface area contributed by atoms with Gasteiger partial charge < -0.3 is 4.74 Å². The lowest BCUT2D eigenvalue weighted by Crippen LogP contribution is -2.43. The van der Waals surface area contributed by atoms with Crippen molar-refractivity contribution in [1.82, 2.24) is 25.6 Å². The molecular formula is C24H19N5O4. The number of ether oxygens (including phenoxy) is 1. The third kappa shape index (κ3) is 5.28. The van der Waals surface area contributed by atoms with Crippen LogP contribution in [0.2, 0.25) is 0 Å². The molecular weight excluding hydrogens is 422 g/mol. The number of carbonyl (C=O) groups is 3. The Labute approximate surface area is 189 Å². The number of para-hydroxylation sites is 1. The highest BCUT2D eigenvalue weighted by Gasteiger charge is 2.21. The summed E-state index contributed by atoms with van der Waals surface area (Å²) in [4.78, 5) is 40.8. The Bertz CT molecular complexity index is 1200. The van der Waals surface area contributed by atoms with Crippen LogP contribution in [-0.2, 0) is 9.53 Å². The summed E-state index contributed by atoms with van der Waals surface area (Å²) in [6.45, 7) is -0.617. The average molecular weight is 441 g/mol. The molecule has 1 heterocycles. The molecule has 4 aromatic rings. The molecule has 0 saturated heterocycles. The predicted molar refractivity (Wildman–Crippen MR) is 119 cm³/mol. The monoisotopic (exact) mass is 441 g/mol. The van der Waals surface area contributed by atoms with Crippen molar-refractivity contribution in [1.29, 1.82) is 0 Å². The average Bonchev–Trinajstić information content (AvgIpc) is 3.33. The molecule has 0 saturated carbocycles. The van der Waals surface area contributed by atoms with Gasteiger partial charge in [-0.2, -0.15) is 0 Å². The van der Waals surface area contributed by atoms with E-state index in [-0.39, 0.29) is 5.82 Å². The number of nitrogens with one attached hydrogen (secondary N) is 2. The lowest BCUT2D eigenvalue weighted by Gasteiger charge is -2.07. The quantitative estimate of drug-likeness (QED) is 0.351. The van der Waals surface area contributed by atoms with Crippen LogP contribution in [-0.4, -0.2) is 39.2 Å². The first kappa shape index (κ1) is 21.4. The number of nitrogens with zero attached hydrogens (tertiary/aromatic N) is 3. The van der Waals surface area contributed by atoms with E-state index in [0.29, 0.717) is 17.1 Å². The van der Waals surface area contributed by atoms with Crippen LogP contribution in [0.15, 0.2) is 91.0 Å². The summed E-state index contributed by atoms with van der Waals surface area (Å²) in [7, 11) is 0. The van der Waals surface area contributed by atoms with E-state index in [0.717, 1.165) is 5.56 Å². The summed E-state index contributed by atoms with van der Waals surface area (Å²) < 4.78 is 6.56. The van der Waals surface area contributed by atoms with E-state index < -0.39 is 24.4 Å². The Morgan fingerprint density at radius 1 is 0.788 bits per heavy atom. The molecule has 2 amide bonds. The van der Waals surface area contributed by atoms with Gasteiger partial charge in [-0.05, 0) is 24.3 Å². The minimum atomic E-state index is -0.869. The predicted octanol–water partition coefficient (Wildman–Crippen LogP) is 2.55. The van der Waals surface area contributed by atoms with Gasteiger partial charge in [0.25, 0.3) is 17.6 Å². The van der Waals surface area contributed by atoms with Gasteiger partial charge in [-0.3, -0.25) is 20.4 Å². The van der Waals surface area contributed by atoms with Gasteiger partial charge >= 0.3 is 5.97 Å². The molecule has 0 atom stereocenters. The minimum absolute atomic E-state index is 0.196. The zero-order valence-corrected chi connectivity index (χ0v) is 17.3. The van der Waals surface area contributed by atoms with Crippen molar-refractivity contribution < 1.29 is 19.1 Å². The van der Waals surface area contributed by atoms with Crippen molar-refractivity contribution in [3.8, 4) is 17.1 Å². The van der Waals surface area contributed by atoms with Crippen LogP contribution >= 0.6 is 0 Å². The molecule has 0 radical (unpaired) electrons. The van der Waals surface area contributed by atoms with E-state index >= 15 is 0 Å². The largest absolute Gasteiger partial charge is 0.450 e. The van der Waals surface area contributed by atoms with Crippen molar-refractivity contribution in [2.75, 3.05) is 6.61 Å². The maximum Gasteiger partial charge on any atom is 0.378 e. The summed E-state index contributed by atoms with van der Waals surface area (Å²) in [5.74, 6) is -1.82. The van der Waals surface area contributed by atoms with Gasteiger partial charge in [-0.1, -0.05) is 66.7 Å². The van der Waals surface area contributed by atoms with Gasteiger partial charge in [0.15, 0.2) is 12.4 Å². The number of hydrazine groups is 1. The second-order valence-corrected chi connectivity index (χ2v) is 6.82. The maximum atomic E-state index is 12.5. The number of rotatable bonds is 6. The normalized spacial score (nSPS) is 10.3. The van der Waals surface area contributed by atoms with Crippen LogP contribution in [0.3, 0.4) is 0 Å². The SMILES string of the molecule is O=C(COC(=O)c1nc(-c2ccccc2)n(-c2ccccc2)n1)NNC(=O)c1ccccc1. The van der Waals surface area contributed by atoms with Crippen LogP contribution in [0.5, 0.6) is 0 Å². The maximum absolute atomic E-state index is 12.5. The molecule has 9 nitrogen and oxygen atoms in total. The molecule has 0 aliphatic rings. The zero-order chi connectivity index (χ0) is 23.0. The van der Waals surface area contributed by atoms with Gasteiger partial charge in [0.1, 0.15) is 0 Å². The third-order valence-electron chi connectivity index (χ3n) is 4.51. The Morgan fingerprint density at radius 2 is 1.39 bits per heavy atom. The molecule has 0 unspecified atom stereocenters. The van der Waals surface area contributed by atoms with Gasteiger partial charge in [0.05, 0.1) is 5.69 Å². The van der Waals surface area contributed by atoms with Crippen LogP contribution in [0.1, 0.15) is 21.0 Å². The summed E-state index contributed by atoms with van der Waals surface area (Å²) in [5.41, 5.74) is 6.29. The second-order valence-electron chi connectivity index (χ2n) is 6.82. The number of hydrogen-bond acceptors (Lipinski definition) is 6. The van der Waals surface area contributed by atoms with Crippen molar-refractivity contribution in [2.24, 2.45) is 0 Å². The number of carbonyl (C=O) groups excluding carboxylic acids is 3. The van der Waals surface area contributed by atoms with Crippen LogP contribution < -0.4 is 10.9 Å². The summed E-state index contributed by atoms with van der Waals surface area (Å²) in [6.07, 6.45) is 0. The fourth-order valence-electron chi connectivity index (χ4n) is 2.94. The molecule has 4 rings (SSSR count). The number of esters is 1. The fraction of sp³-hybridized carbons (Fsp3) is 0.0417. The van der Waals surface area contributed by atoms with Crippen LogP contribution in [0.25, 0.3) is 17.1 Å². The van der Waals surface area contributed by atoms with Crippen LogP contribution in [0, 0.1) is 0 Å². The standard InChI is InChI=1S/C24H19N5O4/c30-20(26-27-23(31)18-12-6-2-7-13-18)16-33-24(32)21-25-22(17-10-4-1-5-11-17)29(28-21)19-14-8-3-9-15-19/h1-15H,16H2,(H,26,30)(H,27,31). The van der Waals surface area contributed by atoms with E-state index in [1.807, 2.05) is 60.7 Å². The van der Waals surface area contributed by atoms with E-state index in [2.05, 4.69) is 20.9 Å². The van der Waals surface area contributed by atoms with Crippen molar-refractivity contribution >= 4 is 17.8 Å². The Morgan fingerprint density at radius 3 is 2.06 bits per heavy atom. The second kappa shape index (κ2) is 10.0. The van der Waals surface area contributed by atoms with Crippen molar-refractivity contribution in [3.63, 3.8) is 0 Å². The van der Waals surface area contributed by atoms with E-state index in [1.54, 1.807) is 30.3 Å². The van der Waals surface area contributed by atoms with Gasteiger partial charge in [0.2, 0.25) is 0 Å². The molecule has 33 heavy (non-hydrogen) atoms. The number of aromatic nitrogens is 3.